The quantitative estimate of drug-likeness (QED) is 0.724. The molecule has 0 radical (unpaired) electrons. The molecule has 1 aliphatic carbocycles. The van der Waals surface area contributed by atoms with Crippen molar-refractivity contribution in [3.05, 3.63) is 29.6 Å². The topological polar surface area (TPSA) is 55.1 Å². The van der Waals surface area contributed by atoms with E-state index in [9.17, 15) is 9.18 Å². The van der Waals surface area contributed by atoms with Crippen molar-refractivity contribution in [3.8, 4) is 0 Å². The number of rotatable bonds is 2. The average Bonchev–Trinajstić information content (AvgIpc) is 2.86. The summed E-state index contributed by atoms with van der Waals surface area (Å²) in [6.45, 7) is 2.07. The molecular formula is C11H13FN2O. The molecule has 0 aromatic heterocycles. The van der Waals surface area contributed by atoms with Crippen LogP contribution in [0.2, 0.25) is 0 Å². The first-order chi connectivity index (χ1) is 7.08. The lowest BCUT2D eigenvalue weighted by molar-refractivity contribution is 0.0949. The molecule has 80 valence electrons. The summed E-state index contributed by atoms with van der Waals surface area (Å²) < 4.78 is 12.8. The third kappa shape index (κ3) is 2.09. The van der Waals surface area contributed by atoms with Crippen molar-refractivity contribution in [2.75, 3.05) is 5.73 Å². The highest BCUT2D eigenvalue weighted by Gasteiger charge is 2.33. The van der Waals surface area contributed by atoms with Crippen LogP contribution in [0, 0.1) is 11.7 Å². The molecule has 15 heavy (non-hydrogen) atoms. The minimum atomic E-state index is -0.494. The van der Waals surface area contributed by atoms with Gasteiger partial charge < -0.3 is 11.1 Å². The Morgan fingerprint density at radius 1 is 1.60 bits per heavy atom. The van der Waals surface area contributed by atoms with E-state index in [0.29, 0.717) is 11.5 Å². The molecule has 0 spiro atoms. The molecule has 1 fully saturated rings. The van der Waals surface area contributed by atoms with E-state index < -0.39 is 5.82 Å². The number of hydrogen-bond acceptors (Lipinski definition) is 2. The van der Waals surface area contributed by atoms with E-state index in [4.69, 9.17) is 5.73 Å². The van der Waals surface area contributed by atoms with Crippen LogP contribution in [0.1, 0.15) is 23.7 Å². The third-order valence-corrected chi connectivity index (χ3v) is 2.68. The molecule has 0 saturated heterocycles. The normalized spacial score (nSPS) is 23.6. The number of amides is 1. The van der Waals surface area contributed by atoms with Crippen LogP contribution in [0.15, 0.2) is 18.2 Å². The first kappa shape index (κ1) is 9.96. The predicted octanol–water partition coefficient (Wildman–Crippen LogP) is 1.55. The van der Waals surface area contributed by atoms with Crippen LogP contribution in [0.3, 0.4) is 0 Å². The molecule has 4 heteroatoms. The fourth-order valence-corrected chi connectivity index (χ4v) is 1.46. The molecule has 0 heterocycles. The summed E-state index contributed by atoms with van der Waals surface area (Å²) in [4.78, 5) is 11.6. The number of nitrogens with two attached hydrogens (primary N) is 1. The molecule has 0 aliphatic heterocycles. The molecule has 0 bridgehead atoms. The second-order valence-electron chi connectivity index (χ2n) is 4.03. The maximum Gasteiger partial charge on any atom is 0.251 e. The Morgan fingerprint density at radius 3 is 2.80 bits per heavy atom. The lowest BCUT2D eigenvalue weighted by Crippen LogP contribution is -2.26. The summed E-state index contributed by atoms with van der Waals surface area (Å²) in [5, 5.41) is 2.85. The van der Waals surface area contributed by atoms with Crippen molar-refractivity contribution in [1.82, 2.24) is 5.32 Å². The number of hydrogen-bond donors (Lipinski definition) is 2. The molecule has 2 unspecified atom stereocenters. The first-order valence-electron chi connectivity index (χ1n) is 4.94. The summed E-state index contributed by atoms with van der Waals surface area (Å²) >= 11 is 0. The van der Waals surface area contributed by atoms with Gasteiger partial charge >= 0.3 is 0 Å². The Morgan fingerprint density at radius 2 is 2.27 bits per heavy atom. The summed E-state index contributed by atoms with van der Waals surface area (Å²) in [5.74, 6) is -0.130. The maximum atomic E-state index is 12.8. The molecule has 3 N–H and O–H groups in total. The predicted molar refractivity (Wildman–Crippen MR) is 55.8 cm³/mol. The van der Waals surface area contributed by atoms with E-state index >= 15 is 0 Å². The maximum absolute atomic E-state index is 12.8. The smallest absolute Gasteiger partial charge is 0.251 e. The Kier molecular flexibility index (Phi) is 2.34. The molecule has 1 amide bonds. The number of anilines is 1. The van der Waals surface area contributed by atoms with Gasteiger partial charge in [-0.15, -0.1) is 0 Å². The van der Waals surface area contributed by atoms with Crippen LogP contribution in [0.25, 0.3) is 0 Å². The summed E-state index contributed by atoms with van der Waals surface area (Å²) in [5.41, 5.74) is 5.79. The van der Waals surface area contributed by atoms with Gasteiger partial charge in [0.05, 0.1) is 5.69 Å². The Bertz CT molecular complexity index is 406. The van der Waals surface area contributed by atoms with E-state index in [2.05, 4.69) is 12.2 Å². The first-order valence-corrected chi connectivity index (χ1v) is 4.94. The molecule has 3 nitrogen and oxygen atoms in total. The average molecular weight is 208 g/mol. The third-order valence-electron chi connectivity index (χ3n) is 2.68. The number of carbonyl (C=O) groups excluding carboxylic acids is 1. The summed E-state index contributed by atoms with van der Waals surface area (Å²) in [6.07, 6.45) is 1.02. The van der Waals surface area contributed by atoms with Gasteiger partial charge in [0.1, 0.15) is 5.82 Å². The number of halogens is 1. The minimum Gasteiger partial charge on any atom is -0.396 e. The highest BCUT2D eigenvalue weighted by Crippen LogP contribution is 2.29. The van der Waals surface area contributed by atoms with Crippen LogP contribution in [-0.4, -0.2) is 11.9 Å². The van der Waals surface area contributed by atoms with E-state index in [1.165, 1.54) is 18.2 Å². The largest absolute Gasteiger partial charge is 0.396 e. The molecule has 1 aromatic rings. The van der Waals surface area contributed by atoms with Gasteiger partial charge in [0.15, 0.2) is 0 Å². The number of nitrogens with one attached hydrogen (secondary N) is 1. The van der Waals surface area contributed by atoms with Gasteiger partial charge in [-0.2, -0.15) is 0 Å². The van der Waals surface area contributed by atoms with E-state index in [1.54, 1.807) is 0 Å². The second-order valence-corrected chi connectivity index (χ2v) is 4.03. The van der Waals surface area contributed by atoms with Crippen molar-refractivity contribution in [2.24, 2.45) is 5.92 Å². The Balaban J connectivity index is 2.08. The highest BCUT2D eigenvalue weighted by molar-refractivity contribution is 5.95. The lowest BCUT2D eigenvalue weighted by atomic mass is 10.2. The van der Waals surface area contributed by atoms with Gasteiger partial charge in [-0.25, -0.2) is 4.39 Å². The molecule has 2 atom stereocenters. The van der Waals surface area contributed by atoms with E-state index in [-0.39, 0.29) is 17.6 Å². The van der Waals surface area contributed by atoms with Crippen LogP contribution < -0.4 is 11.1 Å². The summed E-state index contributed by atoms with van der Waals surface area (Å²) in [6, 6.07) is 4.27. The van der Waals surface area contributed by atoms with Crippen molar-refractivity contribution in [1.29, 1.82) is 0 Å². The summed E-state index contributed by atoms with van der Waals surface area (Å²) in [7, 11) is 0. The second kappa shape index (κ2) is 3.53. The van der Waals surface area contributed by atoms with Gasteiger partial charge in [0.2, 0.25) is 0 Å². The van der Waals surface area contributed by atoms with Gasteiger partial charge in [-0.1, -0.05) is 6.92 Å². The monoisotopic (exact) mass is 208 g/mol. The van der Waals surface area contributed by atoms with Gasteiger partial charge in [0, 0.05) is 11.6 Å². The van der Waals surface area contributed by atoms with E-state index in [0.717, 1.165) is 6.42 Å². The Labute approximate surface area is 87.5 Å². The van der Waals surface area contributed by atoms with Gasteiger partial charge in [-0.3, -0.25) is 4.79 Å². The fourth-order valence-electron chi connectivity index (χ4n) is 1.46. The zero-order valence-electron chi connectivity index (χ0n) is 8.46. The molecule has 1 aromatic carbocycles. The number of nitrogen functional groups attached to an aromatic ring is 1. The fraction of sp³-hybridized carbons (Fsp3) is 0.364. The molecule has 2 rings (SSSR count). The van der Waals surface area contributed by atoms with Gasteiger partial charge in [-0.05, 0) is 30.5 Å². The molecule has 1 aliphatic rings. The zero-order chi connectivity index (χ0) is 11.0. The molecular weight excluding hydrogens is 195 g/mol. The van der Waals surface area contributed by atoms with Crippen LogP contribution in [0.4, 0.5) is 10.1 Å². The minimum absolute atomic E-state index is 0.00601. The van der Waals surface area contributed by atoms with Crippen molar-refractivity contribution in [2.45, 2.75) is 19.4 Å². The van der Waals surface area contributed by atoms with Gasteiger partial charge in [0.25, 0.3) is 5.91 Å². The lowest BCUT2D eigenvalue weighted by Gasteiger charge is -2.04. The van der Waals surface area contributed by atoms with Crippen molar-refractivity contribution >= 4 is 11.6 Å². The SMILES string of the molecule is CC1CC1NC(=O)c1ccc(F)c(N)c1. The number of carbonyl (C=O) groups is 1. The number of benzene rings is 1. The van der Waals surface area contributed by atoms with Crippen LogP contribution in [-0.2, 0) is 0 Å². The van der Waals surface area contributed by atoms with Crippen LogP contribution >= 0.6 is 0 Å². The van der Waals surface area contributed by atoms with E-state index in [1.807, 2.05) is 0 Å². The highest BCUT2D eigenvalue weighted by atomic mass is 19.1. The van der Waals surface area contributed by atoms with Crippen molar-refractivity contribution < 1.29 is 9.18 Å². The van der Waals surface area contributed by atoms with Crippen LogP contribution in [0.5, 0.6) is 0 Å². The van der Waals surface area contributed by atoms with Crippen molar-refractivity contribution in [3.63, 3.8) is 0 Å². The zero-order valence-corrected chi connectivity index (χ0v) is 8.46. The molecule has 1 saturated carbocycles. The standard InChI is InChI=1S/C11H13FN2O/c1-6-4-10(6)14-11(15)7-2-3-8(12)9(13)5-7/h2-3,5-6,10H,4,13H2,1H3,(H,14,15). The Hall–Kier alpha value is -1.58.